The minimum atomic E-state index is -0.480. The number of allylic oxidation sites excluding steroid dienone is 3. The van der Waals surface area contributed by atoms with Crippen molar-refractivity contribution in [2.24, 2.45) is 11.7 Å². The van der Waals surface area contributed by atoms with Crippen molar-refractivity contribution in [1.82, 2.24) is 10.2 Å². The van der Waals surface area contributed by atoms with E-state index in [0.29, 0.717) is 40.6 Å². The Hall–Kier alpha value is -3.82. The largest absolute Gasteiger partial charge is 0.384 e. The monoisotopic (exact) mass is 469 g/mol. The molecule has 2 aliphatic rings. The van der Waals surface area contributed by atoms with Crippen molar-refractivity contribution in [2.75, 3.05) is 4.90 Å². The topological polar surface area (TPSA) is 98.8 Å². The first-order chi connectivity index (χ1) is 16.4. The lowest BCUT2D eigenvalue weighted by molar-refractivity contribution is -0.117. The van der Waals surface area contributed by atoms with Crippen molar-refractivity contribution in [3.63, 3.8) is 0 Å². The molecule has 1 aliphatic carbocycles. The summed E-state index contributed by atoms with van der Waals surface area (Å²) in [5.74, 6) is 0.601. The maximum absolute atomic E-state index is 13.4. The molecule has 2 atom stereocenters. The number of carbonyl (C=O) groups is 1. The summed E-state index contributed by atoms with van der Waals surface area (Å²) < 4.78 is 0. The van der Waals surface area contributed by atoms with Crippen LogP contribution in [0.4, 0.5) is 5.82 Å². The molecule has 2 aromatic carbocycles. The van der Waals surface area contributed by atoms with E-state index in [1.165, 1.54) is 0 Å². The number of ketones is 1. The first-order valence-corrected chi connectivity index (χ1v) is 11.6. The van der Waals surface area contributed by atoms with Crippen LogP contribution in [0.2, 0.25) is 5.02 Å². The second-order valence-electron chi connectivity index (χ2n) is 8.98. The van der Waals surface area contributed by atoms with E-state index in [0.717, 1.165) is 28.1 Å². The summed E-state index contributed by atoms with van der Waals surface area (Å²) in [7, 11) is 0. The van der Waals surface area contributed by atoms with Gasteiger partial charge in [0.15, 0.2) is 11.6 Å². The molecular weight excluding hydrogens is 446 g/mol. The normalized spacial score (nSPS) is 20.4. The van der Waals surface area contributed by atoms with Gasteiger partial charge in [0, 0.05) is 28.8 Å². The van der Waals surface area contributed by atoms with Gasteiger partial charge in [-0.3, -0.25) is 14.8 Å². The fourth-order valence-electron chi connectivity index (χ4n) is 5.01. The Morgan fingerprint density at radius 3 is 2.62 bits per heavy atom. The molecule has 0 spiro atoms. The number of carbonyl (C=O) groups excluding carboxylic acids is 1. The molecule has 0 radical (unpaired) electrons. The van der Waals surface area contributed by atoms with Gasteiger partial charge in [0.05, 0.1) is 23.3 Å². The van der Waals surface area contributed by atoms with Crippen LogP contribution in [0.15, 0.2) is 77.3 Å². The molecule has 1 aliphatic heterocycles. The molecule has 2 unspecified atom stereocenters. The Kier molecular flexibility index (Phi) is 5.51. The van der Waals surface area contributed by atoms with Gasteiger partial charge in [-0.15, -0.1) is 0 Å². The lowest BCUT2D eigenvalue weighted by atomic mass is 9.72. The number of aryl methyl sites for hydroxylation is 1. The van der Waals surface area contributed by atoms with E-state index < -0.39 is 5.92 Å². The molecule has 170 valence electrons. The van der Waals surface area contributed by atoms with Crippen molar-refractivity contribution in [3.8, 4) is 17.3 Å². The predicted molar refractivity (Wildman–Crippen MR) is 133 cm³/mol. The molecule has 2 heterocycles. The Morgan fingerprint density at radius 2 is 1.91 bits per heavy atom. The number of hydrogen-bond donors (Lipinski definition) is 2. The Morgan fingerprint density at radius 1 is 1.18 bits per heavy atom. The highest BCUT2D eigenvalue weighted by molar-refractivity contribution is 6.30. The number of hydrogen-bond acceptors (Lipinski definition) is 5. The average molecular weight is 470 g/mol. The van der Waals surface area contributed by atoms with Crippen molar-refractivity contribution in [2.45, 2.75) is 32.6 Å². The van der Waals surface area contributed by atoms with Gasteiger partial charge in [0.25, 0.3) is 0 Å². The molecule has 0 amide bonds. The first-order valence-electron chi connectivity index (χ1n) is 11.2. The van der Waals surface area contributed by atoms with E-state index in [-0.39, 0.29) is 11.7 Å². The lowest BCUT2D eigenvalue weighted by Crippen LogP contribution is -2.40. The first kappa shape index (κ1) is 22.0. The average Bonchev–Trinajstić information content (AvgIpc) is 3.28. The molecule has 0 saturated heterocycles. The van der Waals surface area contributed by atoms with Gasteiger partial charge in [-0.1, -0.05) is 54.9 Å². The molecule has 0 fully saturated rings. The standard InChI is InChI=1S/C27H24ClN5O/c1-15-11-22-26(23(34)12-15)25(19-6-4-3-5-16(19)2)20(14-29)27(30)33(22)24-13-21(31-32-24)17-7-9-18(28)10-8-17/h3-10,13,15,25H,11-12,30H2,1-2H3,(H,31,32). The minimum absolute atomic E-state index is 0.0562. The van der Waals surface area contributed by atoms with Crippen molar-refractivity contribution in [1.29, 1.82) is 5.26 Å². The SMILES string of the molecule is Cc1ccccc1C1C(C#N)=C(N)N(c2cc(-c3ccc(Cl)cc3)[nH]n2)C2=C1C(=O)CC(C)C2. The smallest absolute Gasteiger partial charge is 0.161 e. The fourth-order valence-corrected chi connectivity index (χ4v) is 5.13. The zero-order valence-electron chi connectivity index (χ0n) is 19.0. The molecule has 3 aromatic rings. The number of anilines is 1. The summed E-state index contributed by atoms with van der Waals surface area (Å²) in [5, 5.41) is 18.4. The number of halogens is 1. The summed E-state index contributed by atoms with van der Waals surface area (Å²) in [6.07, 6.45) is 1.12. The van der Waals surface area contributed by atoms with Crippen LogP contribution in [-0.4, -0.2) is 16.0 Å². The molecule has 0 bridgehead atoms. The maximum Gasteiger partial charge on any atom is 0.161 e. The van der Waals surface area contributed by atoms with Crippen LogP contribution in [0.25, 0.3) is 11.3 Å². The van der Waals surface area contributed by atoms with Crippen molar-refractivity contribution >= 4 is 23.2 Å². The molecule has 3 N–H and O–H groups in total. The second kappa shape index (κ2) is 8.51. The number of aromatic amines is 1. The van der Waals surface area contributed by atoms with Crippen LogP contribution >= 0.6 is 11.6 Å². The highest BCUT2D eigenvalue weighted by atomic mass is 35.5. The Bertz CT molecular complexity index is 1390. The van der Waals surface area contributed by atoms with Crippen LogP contribution in [0, 0.1) is 24.2 Å². The van der Waals surface area contributed by atoms with Gasteiger partial charge in [-0.25, -0.2) is 0 Å². The second-order valence-corrected chi connectivity index (χ2v) is 9.42. The summed E-state index contributed by atoms with van der Waals surface area (Å²) >= 11 is 6.03. The molecule has 34 heavy (non-hydrogen) atoms. The van der Waals surface area contributed by atoms with Crippen LogP contribution in [0.3, 0.4) is 0 Å². The van der Waals surface area contributed by atoms with Gasteiger partial charge < -0.3 is 5.73 Å². The molecular formula is C27H24ClN5O. The van der Waals surface area contributed by atoms with E-state index in [4.69, 9.17) is 17.3 Å². The minimum Gasteiger partial charge on any atom is -0.384 e. The highest BCUT2D eigenvalue weighted by Crippen LogP contribution is 2.47. The van der Waals surface area contributed by atoms with Gasteiger partial charge in [-0.05, 0) is 48.1 Å². The molecule has 5 rings (SSSR count). The number of nitrogens with zero attached hydrogens (tertiary/aromatic N) is 3. The number of nitrogens with two attached hydrogens (primary N) is 1. The summed E-state index contributed by atoms with van der Waals surface area (Å²) in [4.78, 5) is 15.2. The van der Waals surface area contributed by atoms with Crippen LogP contribution in [-0.2, 0) is 4.79 Å². The summed E-state index contributed by atoms with van der Waals surface area (Å²) in [6, 6.07) is 19.5. The maximum atomic E-state index is 13.4. The number of Topliss-reactive ketones (excluding diaryl/α,β-unsaturated/α-hetero) is 1. The lowest BCUT2D eigenvalue weighted by Gasteiger charge is -2.40. The number of benzene rings is 2. The van der Waals surface area contributed by atoms with Crippen LogP contribution in [0.5, 0.6) is 0 Å². The summed E-state index contributed by atoms with van der Waals surface area (Å²) in [5.41, 5.74) is 12.2. The summed E-state index contributed by atoms with van der Waals surface area (Å²) in [6.45, 7) is 4.06. The molecule has 6 nitrogen and oxygen atoms in total. The number of H-pyrrole nitrogens is 1. The number of nitriles is 1. The number of aromatic nitrogens is 2. The van der Waals surface area contributed by atoms with Crippen molar-refractivity contribution in [3.05, 3.63) is 93.4 Å². The zero-order valence-corrected chi connectivity index (χ0v) is 19.7. The predicted octanol–water partition coefficient (Wildman–Crippen LogP) is 5.59. The van der Waals surface area contributed by atoms with Crippen molar-refractivity contribution < 1.29 is 4.79 Å². The third-order valence-electron chi connectivity index (χ3n) is 6.62. The van der Waals surface area contributed by atoms with Crippen LogP contribution < -0.4 is 10.6 Å². The fraction of sp³-hybridized carbons (Fsp3) is 0.222. The van der Waals surface area contributed by atoms with E-state index in [9.17, 15) is 10.1 Å². The number of rotatable bonds is 3. The van der Waals surface area contributed by atoms with E-state index in [2.05, 4.69) is 23.2 Å². The molecule has 0 saturated carbocycles. The van der Waals surface area contributed by atoms with Gasteiger partial charge in [0.1, 0.15) is 5.82 Å². The number of nitrogens with one attached hydrogen (secondary N) is 1. The quantitative estimate of drug-likeness (QED) is 0.521. The third-order valence-corrected chi connectivity index (χ3v) is 6.87. The van der Waals surface area contributed by atoms with E-state index in [1.54, 1.807) is 4.90 Å². The Balaban J connectivity index is 1.69. The zero-order chi connectivity index (χ0) is 24.0. The highest BCUT2D eigenvalue weighted by Gasteiger charge is 2.42. The third kappa shape index (κ3) is 3.59. The van der Waals surface area contributed by atoms with Gasteiger partial charge in [0.2, 0.25) is 0 Å². The van der Waals surface area contributed by atoms with E-state index >= 15 is 0 Å². The Labute approximate surface area is 203 Å². The van der Waals surface area contributed by atoms with Gasteiger partial charge >= 0.3 is 0 Å². The molecule has 7 heteroatoms. The van der Waals surface area contributed by atoms with Crippen LogP contribution in [0.1, 0.15) is 36.8 Å². The molecule has 1 aromatic heterocycles. The van der Waals surface area contributed by atoms with Gasteiger partial charge in [-0.2, -0.15) is 10.4 Å². The van der Waals surface area contributed by atoms with E-state index in [1.807, 2.05) is 61.5 Å².